The Balaban J connectivity index is 2.39. The van der Waals surface area contributed by atoms with Gasteiger partial charge in [0, 0.05) is 6.04 Å². The molecule has 0 aromatic carbocycles. The van der Waals surface area contributed by atoms with Gasteiger partial charge in [0.2, 0.25) is 0 Å². The second kappa shape index (κ2) is 4.65. The molecule has 0 radical (unpaired) electrons. The molecule has 0 aromatic rings. The van der Waals surface area contributed by atoms with E-state index in [0.29, 0.717) is 11.5 Å². The van der Waals surface area contributed by atoms with Gasteiger partial charge >= 0.3 is 0 Å². The molecule has 84 valence electrons. The lowest BCUT2D eigenvalue weighted by atomic mass is 9.68. The van der Waals surface area contributed by atoms with Gasteiger partial charge in [-0.25, -0.2) is 0 Å². The van der Waals surface area contributed by atoms with Crippen molar-refractivity contribution in [2.24, 2.45) is 23.0 Å². The lowest BCUT2D eigenvalue weighted by molar-refractivity contribution is 0.139. The summed E-state index contributed by atoms with van der Waals surface area (Å²) in [6.07, 6.45) is 6.64. The van der Waals surface area contributed by atoms with Crippen LogP contribution in [-0.4, -0.2) is 6.04 Å². The van der Waals surface area contributed by atoms with Crippen molar-refractivity contribution >= 4 is 0 Å². The first kappa shape index (κ1) is 12.0. The Kier molecular flexibility index (Phi) is 4.00. The number of rotatable bonds is 2. The third-order valence-corrected chi connectivity index (χ3v) is 4.07. The molecule has 0 saturated heterocycles. The van der Waals surface area contributed by atoms with Crippen molar-refractivity contribution in [3.63, 3.8) is 0 Å². The van der Waals surface area contributed by atoms with Crippen molar-refractivity contribution in [2.75, 3.05) is 0 Å². The maximum absolute atomic E-state index is 6.10. The van der Waals surface area contributed by atoms with Crippen molar-refractivity contribution in [1.82, 2.24) is 0 Å². The summed E-state index contributed by atoms with van der Waals surface area (Å²) in [5.74, 6) is 1.72. The van der Waals surface area contributed by atoms with E-state index in [1.54, 1.807) is 0 Å². The molecule has 1 rings (SSSR count). The molecule has 1 nitrogen and oxygen atoms in total. The summed E-state index contributed by atoms with van der Waals surface area (Å²) in [4.78, 5) is 0. The van der Waals surface area contributed by atoms with Crippen molar-refractivity contribution in [1.29, 1.82) is 0 Å². The second-order valence-electron chi connectivity index (χ2n) is 6.05. The average Bonchev–Trinajstić information content (AvgIpc) is 2.15. The molecule has 1 aliphatic rings. The van der Waals surface area contributed by atoms with E-state index in [2.05, 4.69) is 27.7 Å². The quantitative estimate of drug-likeness (QED) is 0.719. The predicted octanol–water partition coefficient (Wildman–Crippen LogP) is 3.58. The van der Waals surface area contributed by atoms with Crippen LogP contribution in [-0.2, 0) is 0 Å². The van der Waals surface area contributed by atoms with Gasteiger partial charge in [0.1, 0.15) is 0 Å². The van der Waals surface area contributed by atoms with Gasteiger partial charge in [-0.05, 0) is 49.4 Å². The van der Waals surface area contributed by atoms with E-state index < -0.39 is 0 Å². The predicted molar refractivity (Wildman–Crippen MR) is 63.2 cm³/mol. The van der Waals surface area contributed by atoms with Gasteiger partial charge in [-0.3, -0.25) is 0 Å². The molecule has 0 heterocycles. The van der Waals surface area contributed by atoms with E-state index in [-0.39, 0.29) is 0 Å². The van der Waals surface area contributed by atoms with Gasteiger partial charge < -0.3 is 5.73 Å². The molecule has 1 fully saturated rings. The Morgan fingerprint density at radius 1 is 1.14 bits per heavy atom. The van der Waals surface area contributed by atoms with E-state index >= 15 is 0 Å². The molecule has 14 heavy (non-hydrogen) atoms. The Morgan fingerprint density at radius 2 is 1.64 bits per heavy atom. The Hall–Kier alpha value is -0.0400. The molecule has 2 N–H and O–H groups in total. The lowest BCUT2D eigenvalue weighted by Gasteiger charge is -2.38. The van der Waals surface area contributed by atoms with Crippen molar-refractivity contribution in [2.45, 2.75) is 65.8 Å². The van der Waals surface area contributed by atoms with Crippen LogP contribution in [0.3, 0.4) is 0 Å². The number of hydrogen-bond acceptors (Lipinski definition) is 1. The van der Waals surface area contributed by atoms with E-state index in [9.17, 15) is 0 Å². The molecule has 1 saturated carbocycles. The van der Waals surface area contributed by atoms with E-state index in [1.165, 1.54) is 25.7 Å². The summed E-state index contributed by atoms with van der Waals surface area (Å²) in [5.41, 5.74) is 6.60. The minimum atomic E-state index is 0.455. The van der Waals surface area contributed by atoms with Gasteiger partial charge in [0.15, 0.2) is 0 Å². The topological polar surface area (TPSA) is 26.0 Å². The Morgan fingerprint density at radius 3 is 2.00 bits per heavy atom. The molecule has 0 bridgehead atoms. The maximum atomic E-state index is 6.10. The summed E-state index contributed by atoms with van der Waals surface area (Å²) in [5, 5.41) is 0. The van der Waals surface area contributed by atoms with E-state index in [4.69, 9.17) is 5.73 Å². The monoisotopic (exact) mass is 197 g/mol. The largest absolute Gasteiger partial charge is 0.327 e. The van der Waals surface area contributed by atoms with Crippen LogP contribution in [0, 0.1) is 17.3 Å². The fourth-order valence-electron chi connectivity index (χ4n) is 2.75. The summed E-state index contributed by atoms with van der Waals surface area (Å²) in [7, 11) is 0. The normalized spacial score (nSPS) is 31.5. The van der Waals surface area contributed by atoms with E-state index in [0.717, 1.165) is 18.3 Å². The highest BCUT2D eigenvalue weighted by Crippen LogP contribution is 2.40. The Labute approximate surface area is 89.5 Å². The highest BCUT2D eigenvalue weighted by atomic mass is 14.6. The summed E-state index contributed by atoms with van der Waals surface area (Å²) in [6, 6.07) is 0.455. The minimum Gasteiger partial charge on any atom is -0.327 e. The SMILES string of the molecule is CC[C@@H](N)C1CCC(C(C)(C)C)CC1. The highest BCUT2D eigenvalue weighted by Gasteiger charge is 2.31. The number of hydrogen-bond donors (Lipinski definition) is 1. The standard InChI is InChI=1S/C13H27N/c1-5-12(14)10-6-8-11(9-7-10)13(2,3)4/h10-12H,5-9,14H2,1-4H3/t10?,11?,12-/m1/s1. The van der Waals surface area contributed by atoms with Crippen molar-refractivity contribution < 1.29 is 0 Å². The first-order valence-corrected chi connectivity index (χ1v) is 6.20. The fourth-order valence-corrected chi connectivity index (χ4v) is 2.75. The third-order valence-electron chi connectivity index (χ3n) is 4.07. The lowest BCUT2D eigenvalue weighted by Crippen LogP contribution is -2.34. The highest BCUT2D eigenvalue weighted by molar-refractivity contribution is 4.83. The zero-order valence-corrected chi connectivity index (χ0v) is 10.3. The smallest absolute Gasteiger partial charge is 0.00645 e. The zero-order valence-electron chi connectivity index (χ0n) is 10.3. The summed E-state index contributed by atoms with van der Waals surface area (Å²) in [6.45, 7) is 9.33. The van der Waals surface area contributed by atoms with Crippen molar-refractivity contribution in [3.05, 3.63) is 0 Å². The van der Waals surface area contributed by atoms with Crippen LogP contribution in [0.4, 0.5) is 0 Å². The molecule has 1 aliphatic carbocycles. The van der Waals surface area contributed by atoms with Gasteiger partial charge in [-0.2, -0.15) is 0 Å². The van der Waals surface area contributed by atoms with Gasteiger partial charge in [-0.1, -0.05) is 27.7 Å². The van der Waals surface area contributed by atoms with Crippen LogP contribution in [0.5, 0.6) is 0 Å². The molecule has 0 aliphatic heterocycles. The molecular formula is C13H27N. The van der Waals surface area contributed by atoms with Gasteiger partial charge in [0.25, 0.3) is 0 Å². The third kappa shape index (κ3) is 2.98. The van der Waals surface area contributed by atoms with Crippen molar-refractivity contribution in [3.8, 4) is 0 Å². The van der Waals surface area contributed by atoms with Crippen LogP contribution in [0.25, 0.3) is 0 Å². The average molecular weight is 197 g/mol. The van der Waals surface area contributed by atoms with Crippen LogP contribution < -0.4 is 5.73 Å². The van der Waals surface area contributed by atoms with Gasteiger partial charge in [-0.15, -0.1) is 0 Å². The molecular weight excluding hydrogens is 170 g/mol. The second-order valence-corrected chi connectivity index (χ2v) is 6.05. The summed E-state index contributed by atoms with van der Waals surface area (Å²) < 4.78 is 0. The minimum absolute atomic E-state index is 0.455. The fraction of sp³-hybridized carbons (Fsp3) is 1.00. The van der Waals surface area contributed by atoms with Crippen LogP contribution >= 0.6 is 0 Å². The molecule has 0 aromatic heterocycles. The maximum Gasteiger partial charge on any atom is 0.00645 e. The number of nitrogens with two attached hydrogens (primary N) is 1. The van der Waals surface area contributed by atoms with Crippen LogP contribution in [0.1, 0.15) is 59.8 Å². The van der Waals surface area contributed by atoms with E-state index in [1.807, 2.05) is 0 Å². The first-order chi connectivity index (χ1) is 6.45. The molecule has 1 heteroatoms. The zero-order chi connectivity index (χ0) is 10.8. The first-order valence-electron chi connectivity index (χ1n) is 6.20. The molecule has 1 atom stereocenters. The summed E-state index contributed by atoms with van der Waals surface area (Å²) >= 11 is 0. The van der Waals surface area contributed by atoms with Crippen LogP contribution in [0.2, 0.25) is 0 Å². The molecule has 0 spiro atoms. The molecule has 0 unspecified atom stereocenters. The molecule has 0 amide bonds. The van der Waals surface area contributed by atoms with Crippen LogP contribution in [0.15, 0.2) is 0 Å². The Bertz CT molecular complexity index is 161. The van der Waals surface area contributed by atoms with Gasteiger partial charge in [0.05, 0.1) is 0 Å².